The highest BCUT2D eigenvalue weighted by Crippen LogP contribution is 2.44. The van der Waals surface area contributed by atoms with Gasteiger partial charge in [0.25, 0.3) is 0 Å². The monoisotopic (exact) mass is 310 g/mol. The first kappa shape index (κ1) is 14.8. The minimum absolute atomic E-state index is 0.830. The van der Waals surface area contributed by atoms with Crippen molar-refractivity contribution in [3.63, 3.8) is 0 Å². The number of hydrogen-bond acceptors (Lipinski definition) is 2. The molecule has 2 aromatic carbocycles. The first-order valence-corrected chi connectivity index (χ1v) is 8.98. The standard InChI is InChI=1S/C18H19N2OP/c1-14-18(15(2)20(3)19-14)22(21,16-10-6-4-7-11-16)17-12-8-5-9-13-17/h4-13H,1-3H3. The van der Waals surface area contributed by atoms with Gasteiger partial charge in [0.1, 0.15) is 0 Å². The smallest absolute Gasteiger partial charge is 0.174 e. The van der Waals surface area contributed by atoms with E-state index < -0.39 is 7.14 Å². The van der Waals surface area contributed by atoms with Crippen LogP contribution >= 0.6 is 7.14 Å². The molecule has 3 rings (SSSR count). The van der Waals surface area contributed by atoms with E-state index in [1.54, 1.807) is 0 Å². The van der Waals surface area contributed by atoms with Crippen molar-refractivity contribution in [2.24, 2.45) is 7.05 Å². The predicted octanol–water partition coefficient (Wildman–Crippen LogP) is 2.68. The molecule has 0 N–H and O–H groups in total. The molecule has 1 heterocycles. The number of benzene rings is 2. The summed E-state index contributed by atoms with van der Waals surface area (Å²) in [6.07, 6.45) is 0. The van der Waals surface area contributed by atoms with Crippen LogP contribution in [0.3, 0.4) is 0 Å². The van der Waals surface area contributed by atoms with Gasteiger partial charge in [-0.3, -0.25) is 4.68 Å². The zero-order chi connectivity index (χ0) is 15.7. The molecule has 3 nitrogen and oxygen atoms in total. The fraction of sp³-hybridized carbons (Fsp3) is 0.167. The molecule has 0 saturated carbocycles. The molecule has 0 saturated heterocycles. The van der Waals surface area contributed by atoms with Crippen LogP contribution in [0.4, 0.5) is 0 Å². The average Bonchev–Trinajstić information content (AvgIpc) is 2.81. The lowest BCUT2D eigenvalue weighted by atomic mass is 10.4. The molecule has 1 aromatic heterocycles. The number of nitrogens with zero attached hydrogens (tertiary/aromatic N) is 2. The Morgan fingerprint density at radius 2 is 1.32 bits per heavy atom. The summed E-state index contributed by atoms with van der Waals surface area (Å²) in [5.74, 6) is 0. The minimum atomic E-state index is -2.91. The molecule has 0 amide bonds. The van der Waals surface area contributed by atoms with E-state index in [2.05, 4.69) is 5.10 Å². The van der Waals surface area contributed by atoms with Crippen LogP contribution in [0.5, 0.6) is 0 Å². The highest BCUT2D eigenvalue weighted by atomic mass is 31.2. The van der Waals surface area contributed by atoms with Crippen LogP contribution in [0.1, 0.15) is 11.4 Å². The fourth-order valence-corrected chi connectivity index (χ4v) is 6.00. The van der Waals surface area contributed by atoms with E-state index >= 15 is 0 Å². The van der Waals surface area contributed by atoms with Crippen LogP contribution in [0.2, 0.25) is 0 Å². The van der Waals surface area contributed by atoms with Gasteiger partial charge in [0.05, 0.1) is 11.0 Å². The molecule has 0 bridgehead atoms. The van der Waals surface area contributed by atoms with Crippen LogP contribution in [0.15, 0.2) is 60.7 Å². The first-order valence-electron chi connectivity index (χ1n) is 7.27. The van der Waals surface area contributed by atoms with E-state index in [9.17, 15) is 4.57 Å². The number of rotatable bonds is 3. The molecule has 0 unspecified atom stereocenters. The van der Waals surface area contributed by atoms with Crippen molar-refractivity contribution >= 4 is 23.1 Å². The zero-order valence-electron chi connectivity index (χ0n) is 13.0. The van der Waals surface area contributed by atoms with Gasteiger partial charge < -0.3 is 4.57 Å². The van der Waals surface area contributed by atoms with Crippen molar-refractivity contribution in [1.29, 1.82) is 0 Å². The van der Waals surface area contributed by atoms with Gasteiger partial charge in [-0.1, -0.05) is 60.7 Å². The molecule has 3 aromatic rings. The van der Waals surface area contributed by atoms with E-state index in [0.29, 0.717) is 0 Å². The molecule has 0 aliphatic heterocycles. The zero-order valence-corrected chi connectivity index (χ0v) is 13.9. The summed E-state index contributed by atoms with van der Waals surface area (Å²) in [7, 11) is -1.02. The summed E-state index contributed by atoms with van der Waals surface area (Å²) < 4.78 is 16.0. The van der Waals surface area contributed by atoms with Crippen LogP contribution in [-0.2, 0) is 11.6 Å². The Hall–Kier alpha value is -2.12. The summed E-state index contributed by atoms with van der Waals surface area (Å²) in [4.78, 5) is 0. The van der Waals surface area contributed by atoms with Gasteiger partial charge in [0.2, 0.25) is 0 Å². The maximum atomic E-state index is 14.2. The molecule has 0 aliphatic carbocycles. The molecule has 0 spiro atoms. The Bertz CT molecular complexity index is 795. The maximum absolute atomic E-state index is 14.2. The van der Waals surface area contributed by atoms with Gasteiger partial charge in [0.15, 0.2) is 7.14 Å². The molecule has 112 valence electrons. The molecule has 22 heavy (non-hydrogen) atoms. The normalized spacial score (nSPS) is 11.6. The molecular weight excluding hydrogens is 291 g/mol. The molecule has 4 heteroatoms. The fourth-order valence-electron chi connectivity index (χ4n) is 2.90. The second-order valence-corrected chi connectivity index (χ2v) is 8.12. The van der Waals surface area contributed by atoms with E-state index in [0.717, 1.165) is 27.3 Å². The summed E-state index contributed by atoms with van der Waals surface area (Å²) in [6.45, 7) is 3.91. The topological polar surface area (TPSA) is 34.9 Å². The van der Waals surface area contributed by atoms with E-state index in [1.807, 2.05) is 86.2 Å². The molecule has 0 radical (unpaired) electrons. The highest BCUT2D eigenvalue weighted by molar-refractivity contribution is 7.85. The molecule has 0 aliphatic rings. The largest absolute Gasteiger partial charge is 0.308 e. The van der Waals surface area contributed by atoms with Crippen LogP contribution in [-0.4, -0.2) is 9.78 Å². The number of hydrogen-bond donors (Lipinski definition) is 0. The van der Waals surface area contributed by atoms with Gasteiger partial charge in [-0.2, -0.15) is 5.10 Å². The van der Waals surface area contributed by atoms with Crippen molar-refractivity contribution in [3.05, 3.63) is 72.1 Å². The SMILES string of the molecule is Cc1nn(C)c(C)c1P(=O)(c1ccccc1)c1ccccc1. The van der Waals surface area contributed by atoms with Crippen LogP contribution in [0, 0.1) is 13.8 Å². The van der Waals surface area contributed by atoms with Crippen molar-refractivity contribution in [3.8, 4) is 0 Å². The summed E-state index contributed by atoms with van der Waals surface area (Å²) in [5.41, 5.74) is 1.78. The first-order chi connectivity index (χ1) is 10.5. The van der Waals surface area contributed by atoms with Crippen molar-refractivity contribution in [2.45, 2.75) is 13.8 Å². The predicted molar refractivity (Wildman–Crippen MR) is 92.1 cm³/mol. The molecule has 0 atom stereocenters. The van der Waals surface area contributed by atoms with E-state index in [1.165, 1.54) is 0 Å². The summed E-state index contributed by atoms with van der Waals surface area (Å²) in [6, 6.07) is 19.4. The van der Waals surface area contributed by atoms with Gasteiger partial charge in [0, 0.05) is 23.4 Å². The number of aryl methyl sites for hydroxylation is 2. The van der Waals surface area contributed by atoms with Crippen LogP contribution < -0.4 is 15.9 Å². The second kappa shape index (κ2) is 5.58. The third-order valence-electron chi connectivity index (χ3n) is 4.03. The van der Waals surface area contributed by atoms with E-state index in [-0.39, 0.29) is 0 Å². The Morgan fingerprint density at radius 1 is 0.864 bits per heavy atom. The Balaban J connectivity index is 2.37. The number of aromatic nitrogens is 2. The van der Waals surface area contributed by atoms with Gasteiger partial charge in [-0.05, 0) is 13.8 Å². The lowest BCUT2D eigenvalue weighted by Gasteiger charge is -2.20. The molecular formula is C18H19N2OP. The minimum Gasteiger partial charge on any atom is -0.308 e. The third kappa shape index (κ3) is 2.22. The van der Waals surface area contributed by atoms with Crippen molar-refractivity contribution < 1.29 is 4.57 Å². The Morgan fingerprint density at radius 3 is 1.68 bits per heavy atom. The lowest BCUT2D eigenvalue weighted by Crippen LogP contribution is -2.27. The Kier molecular flexibility index (Phi) is 3.76. The van der Waals surface area contributed by atoms with Crippen molar-refractivity contribution in [2.75, 3.05) is 0 Å². The van der Waals surface area contributed by atoms with Gasteiger partial charge in [-0.25, -0.2) is 0 Å². The third-order valence-corrected chi connectivity index (χ3v) is 7.35. The lowest BCUT2D eigenvalue weighted by molar-refractivity contribution is 0.592. The Labute approximate surface area is 131 Å². The van der Waals surface area contributed by atoms with Gasteiger partial charge >= 0.3 is 0 Å². The summed E-state index contributed by atoms with van der Waals surface area (Å²) >= 11 is 0. The second-order valence-electron chi connectivity index (χ2n) is 5.42. The van der Waals surface area contributed by atoms with E-state index in [4.69, 9.17) is 0 Å². The van der Waals surface area contributed by atoms with Crippen molar-refractivity contribution in [1.82, 2.24) is 9.78 Å². The highest BCUT2D eigenvalue weighted by Gasteiger charge is 2.34. The quantitative estimate of drug-likeness (QED) is 0.697. The van der Waals surface area contributed by atoms with Gasteiger partial charge in [-0.15, -0.1) is 0 Å². The van der Waals surface area contributed by atoms with Crippen LogP contribution in [0.25, 0.3) is 0 Å². The maximum Gasteiger partial charge on any atom is 0.174 e. The summed E-state index contributed by atoms with van der Waals surface area (Å²) in [5, 5.41) is 7.02. The molecule has 0 fully saturated rings. The average molecular weight is 310 g/mol.